The van der Waals surface area contributed by atoms with Crippen LogP contribution in [-0.4, -0.2) is 48.4 Å². The Morgan fingerprint density at radius 2 is 1.96 bits per heavy atom. The molecule has 7 nitrogen and oxygen atoms in total. The topological polar surface area (TPSA) is 83.6 Å². The Morgan fingerprint density at radius 1 is 1.19 bits per heavy atom. The van der Waals surface area contributed by atoms with Gasteiger partial charge in [-0.2, -0.15) is 0 Å². The Bertz CT molecular complexity index is 956. The normalized spacial score (nSPS) is 16.8. The molecule has 1 N–H and O–H groups in total. The van der Waals surface area contributed by atoms with E-state index in [1.807, 2.05) is 26.0 Å². The van der Waals surface area contributed by atoms with Gasteiger partial charge in [0.05, 0.1) is 11.4 Å². The smallest absolute Gasteiger partial charge is 0.272 e. The number of amides is 1. The first-order chi connectivity index (χ1) is 12.5. The number of pyridine rings is 1. The third-order valence-electron chi connectivity index (χ3n) is 5.05. The average molecular weight is 351 g/mol. The van der Waals surface area contributed by atoms with Crippen molar-refractivity contribution in [2.24, 2.45) is 0 Å². The first kappa shape index (κ1) is 16.7. The number of hydrogen-bond acceptors (Lipinski definition) is 5. The molecule has 26 heavy (non-hydrogen) atoms. The third-order valence-corrected chi connectivity index (χ3v) is 5.05. The molecule has 1 aliphatic heterocycles. The molecule has 1 saturated heterocycles. The molecule has 0 spiro atoms. The Kier molecular flexibility index (Phi) is 3.96. The zero-order valence-electron chi connectivity index (χ0n) is 14.9. The van der Waals surface area contributed by atoms with Crippen LogP contribution < -0.4 is 0 Å². The summed E-state index contributed by atoms with van der Waals surface area (Å²) in [5, 5.41) is 11.0. The second-order valence-electron chi connectivity index (χ2n) is 6.88. The molecule has 0 bridgehead atoms. The van der Waals surface area contributed by atoms with Gasteiger partial charge in [0, 0.05) is 31.7 Å². The van der Waals surface area contributed by atoms with Gasteiger partial charge in [-0.15, -0.1) is 0 Å². The van der Waals surface area contributed by atoms with Crippen molar-refractivity contribution in [3.8, 4) is 0 Å². The van der Waals surface area contributed by atoms with E-state index in [9.17, 15) is 9.90 Å². The van der Waals surface area contributed by atoms with E-state index in [4.69, 9.17) is 0 Å². The summed E-state index contributed by atoms with van der Waals surface area (Å²) in [6, 6.07) is 5.60. The lowest BCUT2D eigenvalue weighted by Gasteiger charge is -2.37. The maximum absolute atomic E-state index is 13.0. The maximum Gasteiger partial charge on any atom is 0.272 e. The molecule has 3 aromatic heterocycles. The molecule has 0 unspecified atom stereocenters. The van der Waals surface area contributed by atoms with E-state index in [2.05, 4.69) is 15.0 Å². The molecule has 0 atom stereocenters. The fourth-order valence-corrected chi connectivity index (χ4v) is 3.48. The summed E-state index contributed by atoms with van der Waals surface area (Å²) in [6.07, 6.45) is 6.14. The molecular weight excluding hydrogens is 330 g/mol. The summed E-state index contributed by atoms with van der Waals surface area (Å²) >= 11 is 0. The van der Waals surface area contributed by atoms with Crippen molar-refractivity contribution in [2.75, 3.05) is 13.1 Å². The van der Waals surface area contributed by atoms with Crippen LogP contribution in [0.5, 0.6) is 0 Å². The van der Waals surface area contributed by atoms with Gasteiger partial charge in [-0.1, -0.05) is 6.07 Å². The van der Waals surface area contributed by atoms with E-state index in [1.54, 1.807) is 34.0 Å². The molecule has 0 aliphatic carbocycles. The first-order valence-corrected chi connectivity index (χ1v) is 8.72. The number of aryl methyl sites for hydroxylation is 2. The van der Waals surface area contributed by atoms with Crippen molar-refractivity contribution >= 4 is 11.7 Å². The number of hydrogen-bond donors (Lipinski definition) is 1. The van der Waals surface area contributed by atoms with Gasteiger partial charge in [0.2, 0.25) is 5.78 Å². The van der Waals surface area contributed by atoms with Crippen molar-refractivity contribution in [1.29, 1.82) is 0 Å². The lowest BCUT2D eigenvalue weighted by molar-refractivity contribution is -0.0245. The molecule has 0 aromatic carbocycles. The average Bonchev–Trinajstić information content (AvgIpc) is 2.98. The minimum Gasteiger partial charge on any atom is -0.383 e. The van der Waals surface area contributed by atoms with E-state index < -0.39 is 5.60 Å². The minimum absolute atomic E-state index is 0.0816. The van der Waals surface area contributed by atoms with Crippen LogP contribution in [0, 0.1) is 13.8 Å². The lowest BCUT2D eigenvalue weighted by Crippen LogP contribution is -2.46. The molecule has 0 saturated carbocycles. The van der Waals surface area contributed by atoms with E-state index in [0.29, 0.717) is 48.8 Å². The Balaban J connectivity index is 1.55. The molecule has 4 rings (SSSR count). The van der Waals surface area contributed by atoms with Crippen LogP contribution in [-0.2, 0) is 5.60 Å². The minimum atomic E-state index is -0.986. The molecule has 134 valence electrons. The summed E-state index contributed by atoms with van der Waals surface area (Å²) in [7, 11) is 0. The number of nitrogens with zero attached hydrogens (tertiary/aromatic N) is 5. The standard InChI is InChI=1S/C19H21N5O2/c1-13-4-5-15(21-12-13)19(26)6-10-23(11-7-19)17(25)16-14(2)22-18-20-8-3-9-24(16)18/h3-5,8-9,12,26H,6-7,10-11H2,1-2H3. The van der Waals surface area contributed by atoms with Crippen molar-refractivity contribution in [2.45, 2.75) is 32.3 Å². The number of likely N-dealkylation sites (tertiary alicyclic amines) is 1. The zero-order chi connectivity index (χ0) is 18.3. The summed E-state index contributed by atoms with van der Waals surface area (Å²) in [6.45, 7) is 4.73. The van der Waals surface area contributed by atoms with Crippen LogP contribution in [0.1, 0.15) is 40.3 Å². The first-order valence-electron chi connectivity index (χ1n) is 8.72. The number of imidazole rings is 1. The molecule has 7 heteroatoms. The molecule has 4 heterocycles. The molecule has 1 aliphatic rings. The quantitative estimate of drug-likeness (QED) is 0.762. The largest absolute Gasteiger partial charge is 0.383 e. The summed E-state index contributed by atoms with van der Waals surface area (Å²) in [5.74, 6) is 0.438. The molecule has 0 radical (unpaired) electrons. The fraction of sp³-hybridized carbons (Fsp3) is 0.368. The van der Waals surface area contributed by atoms with Crippen LogP contribution in [0.15, 0.2) is 36.8 Å². The summed E-state index contributed by atoms with van der Waals surface area (Å²) < 4.78 is 1.72. The highest BCUT2D eigenvalue weighted by molar-refractivity contribution is 5.94. The maximum atomic E-state index is 13.0. The van der Waals surface area contributed by atoms with Gasteiger partial charge in [0.15, 0.2) is 0 Å². The van der Waals surface area contributed by atoms with E-state index in [-0.39, 0.29) is 5.91 Å². The van der Waals surface area contributed by atoms with Crippen LogP contribution >= 0.6 is 0 Å². The Morgan fingerprint density at radius 3 is 2.65 bits per heavy atom. The third kappa shape index (κ3) is 2.74. The van der Waals surface area contributed by atoms with E-state index in [1.165, 1.54) is 0 Å². The SMILES string of the molecule is Cc1ccc(C2(O)CCN(C(=O)c3c(C)nc4ncccn34)CC2)nc1. The second-order valence-corrected chi connectivity index (χ2v) is 6.88. The van der Waals surface area contributed by atoms with Crippen LogP contribution in [0.2, 0.25) is 0 Å². The molecule has 3 aromatic rings. The highest BCUT2D eigenvalue weighted by Crippen LogP contribution is 2.32. The number of carbonyl (C=O) groups excluding carboxylic acids is 1. The van der Waals surface area contributed by atoms with E-state index in [0.717, 1.165) is 5.56 Å². The molecule has 1 amide bonds. The number of carbonyl (C=O) groups is 1. The number of aliphatic hydroxyl groups is 1. The predicted octanol–water partition coefficient (Wildman–Crippen LogP) is 1.86. The fourth-order valence-electron chi connectivity index (χ4n) is 3.48. The van der Waals surface area contributed by atoms with Crippen molar-refractivity contribution in [3.63, 3.8) is 0 Å². The summed E-state index contributed by atoms with van der Waals surface area (Å²) in [4.78, 5) is 27.7. The number of piperidine rings is 1. The van der Waals surface area contributed by atoms with Gasteiger partial charge < -0.3 is 10.0 Å². The van der Waals surface area contributed by atoms with Crippen LogP contribution in [0.3, 0.4) is 0 Å². The summed E-state index contributed by atoms with van der Waals surface area (Å²) in [5.41, 5.74) is 1.94. The van der Waals surface area contributed by atoms with Gasteiger partial charge in [0.25, 0.3) is 5.91 Å². The second kappa shape index (κ2) is 6.17. The van der Waals surface area contributed by atoms with Crippen LogP contribution in [0.25, 0.3) is 5.78 Å². The van der Waals surface area contributed by atoms with Gasteiger partial charge >= 0.3 is 0 Å². The van der Waals surface area contributed by atoms with E-state index >= 15 is 0 Å². The predicted molar refractivity (Wildman–Crippen MR) is 95.7 cm³/mol. The lowest BCUT2D eigenvalue weighted by atomic mass is 9.87. The van der Waals surface area contributed by atoms with Gasteiger partial charge in [-0.05, 0) is 44.4 Å². The zero-order valence-corrected chi connectivity index (χ0v) is 14.9. The van der Waals surface area contributed by atoms with Crippen molar-refractivity contribution < 1.29 is 9.90 Å². The molecular formula is C19H21N5O2. The number of aromatic nitrogens is 4. The number of fused-ring (bicyclic) bond motifs is 1. The number of rotatable bonds is 2. The van der Waals surface area contributed by atoms with Crippen LogP contribution in [0.4, 0.5) is 0 Å². The highest BCUT2D eigenvalue weighted by atomic mass is 16.3. The van der Waals surface area contributed by atoms with Crippen molar-refractivity contribution in [3.05, 3.63) is 59.4 Å². The monoisotopic (exact) mass is 351 g/mol. The van der Waals surface area contributed by atoms with Crippen molar-refractivity contribution in [1.82, 2.24) is 24.3 Å². The van der Waals surface area contributed by atoms with Gasteiger partial charge in [-0.25, -0.2) is 9.97 Å². The Hall–Kier alpha value is -2.80. The Labute approximate surface area is 151 Å². The highest BCUT2D eigenvalue weighted by Gasteiger charge is 2.37. The van der Waals surface area contributed by atoms with Gasteiger partial charge in [0.1, 0.15) is 11.3 Å². The molecule has 1 fully saturated rings. The van der Waals surface area contributed by atoms with Gasteiger partial charge in [-0.3, -0.25) is 14.2 Å².